The molecule has 0 atom stereocenters. The summed E-state index contributed by atoms with van der Waals surface area (Å²) in [5.74, 6) is -0.154. The number of halogens is 1. The first kappa shape index (κ1) is 13.1. The lowest BCUT2D eigenvalue weighted by Crippen LogP contribution is -2.53. The van der Waals surface area contributed by atoms with Crippen molar-refractivity contribution < 1.29 is 9.90 Å². The number of hydrogen-bond acceptors (Lipinski definition) is 3. The number of carbonyl (C=O) groups excluding carboxylic acids is 1. The second-order valence-electron chi connectivity index (χ2n) is 4.93. The molecule has 0 saturated carbocycles. The van der Waals surface area contributed by atoms with Gasteiger partial charge in [0.1, 0.15) is 0 Å². The number of likely N-dealkylation sites (tertiary alicyclic amines) is 1. The van der Waals surface area contributed by atoms with Gasteiger partial charge in [0.2, 0.25) is 0 Å². The van der Waals surface area contributed by atoms with Crippen molar-refractivity contribution in [2.75, 3.05) is 13.1 Å². The highest BCUT2D eigenvalue weighted by atomic mass is 35.5. The molecule has 0 unspecified atom stereocenters. The molecule has 0 spiro atoms. The fourth-order valence-corrected chi connectivity index (χ4v) is 2.42. The Morgan fingerprint density at radius 3 is 2.80 bits per heavy atom. The van der Waals surface area contributed by atoms with Crippen LogP contribution >= 0.6 is 11.6 Å². The Bertz CT molecular complexity index is 662. The lowest BCUT2D eigenvalue weighted by molar-refractivity contribution is 0.00547. The van der Waals surface area contributed by atoms with Gasteiger partial charge in [-0.3, -0.25) is 4.79 Å². The van der Waals surface area contributed by atoms with Crippen LogP contribution in [0.2, 0.25) is 5.02 Å². The minimum Gasteiger partial charge on any atom is -0.389 e. The molecule has 1 aliphatic rings. The number of rotatable bonds is 2. The average molecular weight is 292 g/mol. The van der Waals surface area contributed by atoms with Gasteiger partial charge in [-0.25, -0.2) is 4.68 Å². The topological polar surface area (TPSA) is 58.4 Å². The number of aliphatic hydroxyl groups is 1. The van der Waals surface area contributed by atoms with Crippen molar-refractivity contribution >= 4 is 17.5 Å². The van der Waals surface area contributed by atoms with E-state index in [1.54, 1.807) is 27.8 Å². The molecule has 1 amide bonds. The van der Waals surface area contributed by atoms with E-state index >= 15 is 0 Å². The molecule has 1 aromatic carbocycles. The highest BCUT2D eigenvalue weighted by Gasteiger charge is 2.31. The van der Waals surface area contributed by atoms with Crippen LogP contribution in [0.4, 0.5) is 0 Å². The molecule has 20 heavy (non-hydrogen) atoms. The molecule has 1 N–H and O–H groups in total. The molecule has 1 saturated heterocycles. The van der Waals surface area contributed by atoms with Crippen molar-refractivity contribution in [2.45, 2.75) is 13.0 Å². The third-order valence-electron chi connectivity index (χ3n) is 3.31. The fraction of sp³-hybridized carbons (Fsp3) is 0.286. The van der Waals surface area contributed by atoms with Gasteiger partial charge in [-0.05, 0) is 31.2 Å². The van der Waals surface area contributed by atoms with Crippen LogP contribution in [-0.4, -0.2) is 44.9 Å². The van der Waals surface area contributed by atoms with Crippen LogP contribution in [0.3, 0.4) is 0 Å². The molecular formula is C14H14ClN3O2. The summed E-state index contributed by atoms with van der Waals surface area (Å²) < 4.78 is 1.69. The Kier molecular flexibility index (Phi) is 3.23. The summed E-state index contributed by atoms with van der Waals surface area (Å²) in [6.07, 6.45) is -0.407. The van der Waals surface area contributed by atoms with E-state index in [2.05, 4.69) is 5.10 Å². The van der Waals surface area contributed by atoms with E-state index in [9.17, 15) is 9.90 Å². The maximum atomic E-state index is 12.1. The third-order valence-corrected chi connectivity index (χ3v) is 3.54. The summed E-state index contributed by atoms with van der Waals surface area (Å²) in [4.78, 5) is 13.7. The summed E-state index contributed by atoms with van der Waals surface area (Å²) >= 11 is 5.97. The molecule has 1 aliphatic heterocycles. The van der Waals surface area contributed by atoms with Gasteiger partial charge in [-0.2, -0.15) is 5.10 Å². The summed E-state index contributed by atoms with van der Waals surface area (Å²) in [7, 11) is 0. The van der Waals surface area contributed by atoms with Crippen molar-refractivity contribution in [1.29, 1.82) is 0 Å². The smallest absolute Gasteiger partial charge is 0.274 e. The van der Waals surface area contributed by atoms with Crippen molar-refractivity contribution in [3.05, 3.63) is 46.7 Å². The van der Waals surface area contributed by atoms with Crippen LogP contribution in [0.15, 0.2) is 30.3 Å². The van der Waals surface area contributed by atoms with Crippen molar-refractivity contribution in [3.8, 4) is 5.69 Å². The summed E-state index contributed by atoms with van der Waals surface area (Å²) in [5.41, 5.74) is 2.06. The predicted octanol–water partition coefficient (Wildman–Crippen LogP) is 1.65. The molecule has 1 fully saturated rings. The van der Waals surface area contributed by atoms with Gasteiger partial charge < -0.3 is 10.0 Å². The van der Waals surface area contributed by atoms with E-state index in [1.807, 2.05) is 19.1 Å². The van der Waals surface area contributed by atoms with E-state index in [1.165, 1.54) is 0 Å². The van der Waals surface area contributed by atoms with Crippen molar-refractivity contribution in [2.24, 2.45) is 0 Å². The summed E-state index contributed by atoms with van der Waals surface area (Å²) in [5, 5.41) is 14.2. The van der Waals surface area contributed by atoms with Gasteiger partial charge in [0.05, 0.1) is 11.8 Å². The number of nitrogens with zero attached hydrogens (tertiary/aromatic N) is 3. The molecule has 0 radical (unpaired) electrons. The molecule has 2 aromatic rings. The van der Waals surface area contributed by atoms with Crippen LogP contribution in [0.1, 0.15) is 16.2 Å². The second-order valence-corrected chi connectivity index (χ2v) is 5.36. The predicted molar refractivity (Wildman–Crippen MR) is 75.2 cm³/mol. The molecular weight excluding hydrogens is 278 g/mol. The SMILES string of the molecule is Cc1cc(C(=O)N2CC(O)C2)nn1-c1cccc(Cl)c1. The number of amides is 1. The first-order chi connectivity index (χ1) is 9.54. The monoisotopic (exact) mass is 291 g/mol. The number of aryl methyl sites for hydroxylation is 1. The maximum Gasteiger partial charge on any atom is 0.274 e. The number of aliphatic hydroxyl groups excluding tert-OH is 1. The number of β-amino-alcohol motifs (C(OH)–C–C–N with tert-alkyl or cyclic N) is 1. The van der Waals surface area contributed by atoms with E-state index in [4.69, 9.17) is 11.6 Å². The third kappa shape index (κ3) is 2.30. The van der Waals surface area contributed by atoms with Gasteiger partial charge in [0.15, 0.2) is 5.69 Å². The standard InChI is InChI=1S/C14H14ClN3O2/c1-9-5-13(14(20)17-7-12(19)8-17)16-18(9)11-4-2-3-10(15)6-11/h2-6,12,19H,7-8H2,1H3. The van der Waals surface area contributed by atoms with Gasteiger partial charge in [0, 0.05) is 23.8 Å². The lowest BCUT2D eigenvalue weighted by atomic mass is 10.1. The minimum atomic E-state index is -0.407. The van der Waals surface area contributed by atoms with E-state index in [0.29, 0.717) is 23.8 Å². The quantitative estimate of drug-likeness (QED) is 0.915. The molecule has 5 nitrogen and oxygen atoms in total. The molecule has 6 heteroatoms. The van der Waals surface area contributed by atoms with E-state index in [-0.39, 0.29) is 5.91 Å². The molecule has 1 aromatic heterocycles. The number of hydrogen-bond donors (Lipinski definition) is 1. The normalized spacial score (nSPS) is 15.2. The van der Waals surface area contributed by atoms with Gasteiger partial charge >= 0.3 is 0 Å². The van der Waals surface area contributed by atoms with Crippen LogP contribution in [0.25, 0.3) is 5.69 Å². The highest BCUT2D eigenvalue weighted by molar-refractivity contribution is 6.30. The molecule has 0 bridgehead atoms. The summed E-state index contributed by atoms with van der Waals surface area (Å²) in [6, 6.07) is 9.05. The van der Waals surface area contributed by atoms with Crippen LogP contribution in [0, 0.1) is 6.92 Å². The zero-order valence-electron chi connectivity index (χ0n) is 11.0. The number of benzene rings is 1. The Hall–Kier alpha value is -1.85. The van der Waals surface area contributed by atoms with Gasteiger partial charge in [-0.1, -0.05) is 17.7 Å². The fourth-order valence-electron chi connectivity index (χ4n) is 2.23. The zero-order chi connectivity index (χ0) is 14.3. The second kappa shape index (κ2) is 4.92. The van der Waals surface area contributed by atoms with Gasteiger partial charge in [-0.15, -0.1) is 0 Å². The van der Waals surface area contributed by atoms with Gasteiger partial charge in [0.25, 0.3) is 5.91 Å². The summed E-state index contributed by atoms with van der Waals surface area (Å²) in [6.45, 7) is 2.64. The Morgan fingerprint density at radius 2 is 2.15 bits per heavy atom. The minimum absolute atomic E-state index is 0.154. The molecule has 2 heterocycles. The van der Waals surface area contributed by atoms with E-state index in [0.717, 1.165) is 11.4 Å². The van der Waals surface area contributed by atoms with Crippen LogP contribution in [0.5, 0.6) is 0 Å². The largest absolute Gasteiger partial charge is 0.389 e. The van der Waals surface area contributed by atoms with Crippen molar-refractivity contribution in [1.82, 2.24) is 14.7 Å². The number of carbonyl (C=O) groups is 1. The molecule has 104 valence electrons. The molecule has 3 rings (SSSR count). The van der Waals surface area contributed by atoms with Crippen LogP contribution in [-0.2, 0) is 0 Å². The average Bonchev–Trinajstić information content (AvgIpc) is 2.76. The highest BCUT2D eigenvalue weighted by Crippen LogP contribution is 2.18. The Balaban J connectivity index is 1.89. The maximum absolute atomic E-state index is 12.1. The Labute approximate surface area is 121 Å². The first-order valence-corrected chi connectivity index (χ1v) is 6.72. The lowest BCUT2D eigenvalue weighted by Gasteiger charge is -2.35. The van der Waals surface area contributed by atoms with Crippen LogP contribution < -0.4 is 0 Å². The first-order valence-electron chi connectivity index (χ1n) is 6.34. The zero-order valence-corrected chi connectivity index (χ0v) is 11.7. The van der Waals surface area contributed by atoms with Crippen molar-refractivity contribution in [3.63, 3.8) is 0 Å². The van der Waals surface area contributed by atoms with E-state index < -0.39 is 6.10 Å². The molecule has 0 aliphatic carbocycles. The Morgan fingerprint density at radius 1 is 1.40 bits per heavy atom. The number of aromatic nitrogens is 2.